The standard InChI is InChI=1S/C23H17ClF6N8O5/c24-12-5-3-11(4-6-12)17-35-37(21(41)36(17)8-15(39)22(25,26)27)9-16-33-18(13-10-42-20(40)32-13)38(34-16)19-14(2-1-7-31-19)43-23(28,29)30/h1-7,13,15,39H,8-10H2,(H,32,40). The van der Waals surface area contributed by atoms with Gasteiger partial charge in [-0.3, -0.25) is 4.57 Å². The van der Waals surface area contributed by atoms with Crippen molar-refractivity contribution < 1.29 is 45.7 Å². The van der Waals surface area contributed by atoms with Crippen LogP contribution in [0.25, 0.3) is 17.2 Å². The molecule has 228 valence electrons. The van der Waals surface area contributed by atoms with Gasteiger partial charge in [-0.25, -0.2) is 24.2 Å². The van der Waals surface area contributed by atoms with Gasteiger partial charge in [0.15, 0.2) is 35.1 Å². The molecule has 0 bridgehead atoms. The van der Waals surface area contributed by atoms with E-state index in [4.69, 9.17) is 16.3 Å². The summed E-state index contributed by atoms with van der Waals surface area (Å²) < 4.78 is 89.8. The topological polar surface area (TPSA) is 151 Å². The van der Waals surface area contributed by atoms with Gasteiger partial charge in [0, 0.05) is 16.8 Å². The summed E-state index contributed by atoms with van der Waals surface area (Å²) in [5, 5.41) is 20.6. The average Bonchev–Trinajstić information content (AvgIpc) is 3.62. The molecule has 0 saturated carbocycles. The van der Waals surface area contributed by atoms with Crippen LogP contribution >= 0.6 is 11.6 Å². The van der Waals surface area contributed by atoms with Crippen molar-refractivity contribution >= 4 is 17.7 Å². The number of aliphatic hydroxyl groups excluding tert-OH is 1. The van der Waals surface area contributed by atoms with Gasteiger partial charge in [0.2, 0.25) is 0 Å². The molecule has 1 aliphatic rings. The number of halogens is 7. The van der Waals surface area contributed by atoms with Crippen molar-refractivity contribution in [1.29, 1.82) is 0 Å². The van der Waals surface area contributed by atoms with Gasteiger partial charge in [-0.05, 0) is 36.4 Å². The van der Waals surface area contributed by atoms with E-state index in [1.165, 1.54) is 30.3 Å². The number of alkyl carbamates (subject to hydrolysis) is 1. The van der Waals surface area contributed by atoms with Gasteiger partial charge in [-0.1, -0.05) is 11.6 Å². The van der Waals surface area contributed by atoms with Gasteiger partial charge in [-0.2, -0.15) is 17.9 Å². The minimum atomic E-state index is -5.11. The van der Waals surface area contributed by atoms with Crippen molar-refractivity contribution in [2.75, 3.05) is 6.61 Å². The second kappa shape index (κ2) is 11.2. The van der Waals surface area contributed by atoms with Gasteiger partial charge in [0.25, 0.3) is 0 Å². The second-order valence-electron chi connectivity index (χ2n) is 8.91. The number of aliphatic hydroxyl groups is 1. The summed E-state index contributed by atoms with van der Waals surface area (Å²) >= 11 is 5.89. The van der Waals surface area contributed by atoms with Crippen LogP contribution in [0.1, 0.15) is 17.7 Å². The van der Waals surface area contributed by atoms with E-state index in [1.54, 1.807) is 0 Å². The summed E-state index contributed by atoms with van der Waals surface area (Å²) in [6.45, 7) is -2.09. The number of hydrogen-bond acceptors (Lipinski definition) is 9. The first-order valence-corrected chi connectivity index (χ1v) is 12.4. The summed E-state index contributed by atoms with van der Waals surface area (Å²) in [5.41, 5.74) is -0.912. The maximum atomic E-state index is 13.2. The fourth-order valence-corrected chi connectivity index (χ4v) is 4.14. The summed E-state index contributed by atoms with van der Waals surface area (Å²) in [6, 6.07) is 6.71. The van der Waals surface area contributed by atoms with E-state index < -0.39 is 61.1 Å². The fourth-order valence-electron chi connectivity index (χ4n) is 4.02. The van der Waals surface area contributed by atoms with Crippen molar-refractivity contribution in [1.82, 2.24) is 39.4 Å². The number of nitrogens with one attached hydrogen (secondary N) is 1. The van der Waals surface area contributed by atoms with Crippen molar-refractivity contribution in [2.24, 2.45) is 0 Å². The van der Waals surface area contributed by atoms with Crippen LogP contribution in [-0.2, 0) is 17.8 Å². The highest BCUT2D eigenvalue weighted by Gasteiger charge is 2.40. The normalized spacial score (nSPS) is 16.2. The van der Waals surface area contributed by atoms with Crippen molar-refractivity contribution in [3.8, 4) is 23.0 Å². The van der Waals surface area contributed by atoms with Crippen molar-refractivity contribution in [3.63, 3.8) is 0 Å². The van der Waals surface area contributed by atoms with Crippen LogP contribution in [-0.4, -0.2) is 70.5 Å². The number of rotatable bonds is 8. The molecule has 1 aliphatic heterocycles. The first-order chi connectivity index (χ1) is 20.2. The van der Waals surface area contributed by atoms with E-state index in [9.17, 15) is 41.0 Å². The molecule has 4 heterocycles. The Morgan fingerprint density at radius 2 is 1.84 bits per heavy atom. The van der Waals surface area contributed by atoms with Crippen LogP contribution < -0.4 is 15.7 Å². The minimum absolute atomic E-state index is 0.163. The Balaban J connectivity index is 1.58. The highest BCUT2D eigenvalue weighted by atomic mass is 35.5. The summed E-state index contributed by atoms with van der Waals surface area (Å²) in [7, 11) is 0. The highest BCUT2D eigenvalue weighted by Crippen LogP contribution is 2.30. The number of aromatic nitrogens is 7. The quantitative estimate of drug-likeness (QED) is 0.279. The highest BCUT2D eigenvalue weighted by molar-refractivity contribution is 6.30. The Bertz CT molecular complexity index is 1700. The van der Waals surface area contributed by atoms with E-state index in [2.05, 4.69) is 30.2 Å². The molecule has 20 heteroatoms. The van der Waals surface area contributed by atoms with Gasteiger partial charge in [-0.15, -0.1) is 23.4 Å². The van der Waals surface area contributed by atoms with E-state index >= 15 is 0 Å². The first kappa shape index (κ1) is 29.8. The molecule has 2 unspecified atom stereocenters. The molecular weight excluding hydrogens is 618 g/mol. The third kappa shape index (κ3) is 6.56. The van der Waals surface area contributed by atoms with Crippen LogP contribution in [0.3, 0.4) is 0 Å². The van der Waals surface area contributed by atoms with Crippen molar-refractivity contribution in [3.05, 3.63) is 69.8 Å². The maximum absolute atomic E-state index is 13.2. The van der Waals surface area contributed by atoms with E-state index in [1.807, 2.05) is 0 Å². The van der Waals surface area contributed by atoms with E-state index in [0.29, 0.717) is 14.3 Å². The van der Waals surface area contributed by atoms with Gasteiger partial charge < -0.3 is 19.9 Å². The predicted octanol–water partition coefficient (Wildman–Crippen LogP) is 2.99. The number of ether oxygens (including phenoxy) is 2. The van der Waals surface area contributed by atoms with Gasteiger partial charge in [0.05, 0.1) is 6.54 Å². The lowest BCUT2D eigenvalue weighted by Gasteiger charge is -2.15. The summed E-state index contributed by atoms with van der Waals surface area (Å²) in [6.07, 6.45) is -12.8. The van der Waals surface area contributed by atoms with Gasteiger partial charge in [0.1, 0.15) is 19.2 Å². The molecule has 1 saturated heterocycles. The molecule has 4 aromatic rings. The predicted molar refractivity (Wildman–Crippen MR) is 131 cm³/mol. The van der Waals surface area contributed by atoms with Crippen LogP contribution in [0, 0.1) is 0 Å². The first-order valence-electron chi connectivity index (χ1n) is 12.0. The minimum Gasteiger partial charge on any atom is -0.447 e. The zero-order valence-electron chi connectivity index (χ0n) is 21.2. The molecule has 13 nitrogen and oxygen atoms in total. The molecule has 1 aromatic carbocycles. The number of pyridine rings is 1. The number of alkyl halides is 6. The third-order valence-electron chi connectivity index (χ3n) is 5.89. The molecule has 0 aliphatic carbocycles. The SMILES string of the molecule is O=C1NC(c2nc(Cn3nc(-c4ccc(Cl)cc4)n(CC(O)C(F)(F)F)c3=O)nn2-c2ncccc2OC(F)(F)F)CO1. The Morgan fingerprint density at radius 1 is 1.12 bits per heavy atom. The van der Waals surface area contributed by atoms with E-state index in [0.717, 1.165) is 16.9 Å². The molecule has 1 amide bonds. The largest absolute Gasteiger partial charge is 0.573 e. The lowest BCUT2D eigenvalue weighted by atomic mass is 10.2. The van der Waals surface area contributed by atoms with E-state index in [-0.39, 0.29) is 29.6 Å². The Kier molecular flexibility index (Phi) is 7.78. The Hall–Kier alpha value is -4.65. The number of carbonyl (C=O) groups is 1. The number of hydrogen-bond donors (Lipinski definition) is 2. The van der Waals surface area contributed by atoms with Crippen LogP contribution in [0.4, 0.5) is 31.1 Å². The zero-order chi connectivity index (χ0) is 31.1. The van der Waals surface area contributed by atoms with Crippen LogP contribution in [0.5, 0.6) is 5.75 Å². The maximum Gasteiger partial charge on any atom is 0.573 e. The fraction of sp³-hybridized carbons (Fsp3) is 0.304. The number of amides is 1. The number of carbonyl (C=O) groups excluding carboxylic acids is 1. The van der Waals surface area contributed by atoms with Gasteiger partial charge >= 0.3 is 24.3 Å². The molecule has 2 N–H and O–H groups in total. The summed E-state index contributed by atoms with van der Waals surface area (Å²) in [5.74, 6) is -1.94. The molecule has 1 fully saturated rings. The molecule has 3 aromatic heterocycles. The number of nitrogens with zero attached hydrogens (tertiary/aromatic N) is 7. The average molecular weight is 635 g/mol. The second-order valence-corrected chi connectivity index (χ2v) is 9.34. The molecule has 43 heavy (non-hydrogen) atoms. The molecular formula is C23H17ClF6N8O5. The van der Waals surface area contributed by atoms with Crippen LogP contribution in [0.2, 0.25) is 5.02 Å². The third-order valence-corrected chi connectivity index (χ3v) is 6.14. The molecule has 5 rings (SSSR count). The molecule has 0 radical (unpaired) electrons. The smallest absolute Gasteiger partial charge is 0.447 e. The zero-order valence-corrected chi connectivity index (χ0v) is 21.9. The lowest BCUT2D eigenvalue weighted by molar-refractivity contribution is -0.274. The Morgan fingerprint density at radius 3 is 2.47 bits per heavy atom. The van der Waals surface area contributed by atoms with Crippen molar-refractivity contribution in [2.45, 2.75) is 37.8 Å². The van der Waals surface area contributed by atoms with Crippen LogP contribution in [0.15, 0.2) is 47.4 Å². The summed E-state index contributed by atoms with van der Waals surface area (Å²) in [4.78, 5) is 33.0. The Labute approximate surface area is 240 Å². The monoisotopic (exact) mass is 634 g/mol. The molecule has 2 atom stereocenters. The number of benzene rings is 1. The lowest BCUT2D eigenvalue weighted by Crippen LogP contribution is -2.37. The number of cyclic esters (lactones) is 1. The molecule has 0 spiro atoms.